The Kier molecular flexibility index (Phi) is 4.37. The fourth-order valence-electron chi connectivity index (χ4n) is 1.85. The highest BCUT2D eigenvalue weighted by Crippen LogP contribution is 2.19. The maximum atomic E-state index is 13.5. The molecule has 0 radical (unpaired) electrons. The summed E-state index contributed by atoms with van der Waals surface area (Å²) in [4.78, 5) is 11.1. The standard InChI is InChI=1S/C15H14F2N2O2/c1-21-14-5-2-9(6-13(14)17)8-19-10-3-4-12(16)11(7-10)15(18)20/h2-7,19H,8H2,1H3,(H2,18,20). The van der Waals surface area contributed by atoms with E-state index >= 15 is 0 Å². The first-order valence-corrected chi connectivity index (χ1v) is 6.17. The van der Waals surface area contributed by atoms with E-state index in [1.807, 2.05) is 0 Å². The molecular weight excluding hydrogens is 278 g/mol. The van der Waals surface area contributed by atoms with Gasteiger partial charge in [-0.2, -0.15) is 0 Å². The van der Waals surface area contributed by atoms with Gasteiger partial charge in [-0.1, -0.05) is 6.07 Å². The van der Waals surface area contributed by atoms with Crippen LogP contribution >= 0.6 is 0 Å². The maximum Gasteiger partial charge on any atom is 0.251 e. The van der Waals surface area contributed by atoms with E-state index in [4.69, 9.17) is 10.5 Å². The molecule has 2 rings (SSSR count). The van der Waals surface area contributed by atoms with E-state index in [0.29, 0.717) is 17.8 Å². The molecule has 0 saturated heterocycles. The number of rotatable bonds is 5. The zero-order valence-electron chi connectivity index (χ0n) is 11.3. The SMILES string of the molecule is COc1ccc(CNc2ccc(F)c(C(N)=O)c2)cc1F. The largest absolute Gasteiger partial charge is 0.494 e. The Morgan fingerprint density at radius 3 is 2.57 bits per heavy atom. The van der Waals surface area contributed by atoms with Gasteiger partial charge < -0.3 is 15.8 Å². The number of carbonyl (C=O) groups is 1. The molecule has 2 aromatic rings. The lowest BCUT2D eigenvalue weighted by Crippen LogP contribution is -2.13. The van der Waals surface area contributed by atoms with E-state index in [-0.39, 0.29) is 11.3 Å². The summed E-state index contributed by atoms with van der Waals surface area (Å²) in [5.74, 6) is -1.82. The normalized spacial score (nSPS) is 10.2. The van der Waals surface area contributed by atoms with E-state index in [2.05, 4.69) is 5.32 Å². The minimum atomic E-state index is -0.841. The summed E-state index contributed by atoms with van der Waals surface area (Å²) in [5.41, 5.74) is 6.07. The molecule has 0 spiro atoms. The van der Waals surface area contributed by atoms with Crippen LogP contribution in [0, 0.1) is 11.6 Å². The molecule has 3 N–H and O–H groups in total. The average Bonchev–Trinajstić information content (AvgIpc) is 2.46. The van der Waals surface area contributed by atoms with Gasteiger partial charge in [0.15, 0.2) is 11.6 Å². The number of nitrogens with two attached hydrogens (primary N) is 1. The number of halogens is 2. The summed E-state index contributed by atoms with van der Waals surface area (Å²) in [6.45, 7) is 0.310. The molecule has 21 heavy (non-hydrogen) atoms. The van der Waals surface area contributed by atoms with Crippen molar-refractivity contribution in [2.24, 2.45) is 5.73 Å². The summed E-state index contributed by atoms with van der Waals surface area (Å²) in [7, 11) is 1.39. The smallest absolute Gasteiger partial charge is 0.251 e. The summed E-state index contributed by atoms with van der Waals surface area (Å²) >= 11 is 0. The lowest BCUT2D eigenvalue weighted by Gasteiger charge is -2.09. The molecule has 0 unspecified atom stereocenters. The number of primary amides is 1. The first-order valence-electron chi connectivity index (χ1n) is 6.17. The van der Waals surface area contributed by atoms with Crippen molar-refractivity contribution >= 4 is 11.6 Å². The van der Waals surface area contributed by atoms with Gasteiger partial charge in [0.2, 0.25) is 0 Å². The lowest BCUT2D eigenvalue weighted by molar-refractivity contribution is 0.0996. The number of anilines is 1. The highest BCUT2D eigenvalue weighted by molar-refractivity contribution is 5.94. The van der Waals surface area contributed by atoms with E-state index in [1.165, 1.54) is 31.4 Å². The van der Waals surface area contributed by atoms with E-state index in [1.54, 1.807) is 6.07 Å². The molecule has 2 aromatic carbocycles. The van der Waals surface area contributed by atoms with Gasteiger partial charge >= 0.3 is 0 Å². The van der Waals surface area contributed by atoms with E-state index in [0.717, 1.165) is 6.07 Å². The number of carbonyl (C=O) groups excluding carboxylic acids is 1. The molecule has 0 bridgehead atoms. The number of ether oxygens (including phenoxy) is 1. The van der Waals surface area contributed by atoms with Gasteiger partial charge in [0.1, 0.15) is 5.82 Å². The fourth-order valence-corrected chi connectivity index (χ4v) is 1.85. The number of benzene rings is 2. The van der Waals surface area contributed by atoms with Gasteiger partial charge in [0.25, 0.3) is 5.91 Å². The number of amides is 1. The first kappa shape index (κ1) is 14.8. The molecule has 4 nitrogen and oxygen atoms in total. The van der Waals surface area contributed by atoms with Gasteiger partial charge in [-0.05, 0) is 35.9 Å². The van der Waals surface area contributed by atoms with Crippen LogP contribution in [-0.2, 0) is 6.54 Å². The zero-order valence-corrected chi connectivity index (χ0v) is 11.3. The van der Waals surface area contributed by atoms with Crippen molar-refractivity contribution < 1.29 is 18.3 Å². The molecule has 1 amide bonds. The Morgan fingerprint density at radius 1 is 1.19 bits per heavy atom. The second-order valence-corrected chi connectivity index (χ2v) is 4.38. The molecule has 0 saturated carbocycles. The van der Waals surface area contributed by atoms with Crippen LogP contribution in [0.1, 0.15) is 15.9 Å². The van der Waals surface area contributed by atoms with Gasteiger partial charge in [-0.25, -0.2) is 8.78 Å². The number of methoxy groups -OCH3 is 1. The Labute approximate surface area is 120 Å². The molecule has 0 aliphatic heterocycles. The van der Waals surface area contributed by atoms with Crippen LogP contribution in [-0.4, -0.2) is 13.0 Å². The van der Waals surface area contributed by atoms with Crippen LogP contribution in [0.5, 0.6) is 5.75 Å². The highest BCUT2D eigenvalue weighted by Gasteiger charge is 2.09. The predicted molar refractivity (Wildman–Crippen MR) is 75.2 cm³/mol. The molecule has 0 aromatic heterocycles. The monoisotopic (exact) mass is 292 g/mol. The van der Waals surface area contributed by atoms with Crippen molar-refractivity contribution in [2.45, 2.75) is 6.54 Å². The van der Waals surface area contributed by atoms with Crippen LogP contribution in [0.2, 0.25) is 0 Å². The maximum absolute atomic E-state index is 13.5. The topological polar surface area (TPSA) is 64.3 Å². The Bertz CT molecular complexity index is 675. The van der Waals surface area contributed by atoms with Crippen LogP contribution in [0.3, 0.4) is 0 Å². The molecule has 0 aliphatic carbocycles. The van der Waals surface area contributed by atoms with Crippen molar-refractivity contribution in [3.8, 4) is 5.75 Å². The average molecular weight is 292 g/mol. The van der Waals surface area contributed by atoms with Gasteiger partial charge in [-0.15, -0.1) is 0 Å². The molecule has 110 valence electrons. The Balaban J connectivity index is 2.11. The van der Waals surface area contributed by atoms with Crippen molar-refractivity contribution in [3.05, 3.63) is 59.2 Å². The van der Waals surface area contributed by atoms with Gasteiger partial charge in [0, 0.05) is 12.2 Å². The fraction of sp³-hybridized carbons (Fsp3) is 0.133. The molecule has 0 atom stereocenters. The quantitative estimate of drug-likeness (QED) is 0.890. The molecule has 0 heterocycles. The van der Waals surface area contributed by atoms with Gasteiger partial charge in [0.05, 0.1) is 12.7 Å². The summed E-state index contributed by atoms with van der Waals surface area (Å²) < 4.78 is 31.7. The third kappa shape index (κ3) is 3.47. The number of nitrogens with one attached hydrogen (secondary N) is 1. The van der Waals surface area contributed by atoms with E-state index < -0.39 is 17.5 Å². The Hall–Kier alpha value is -2.63. The summed E-state index contributed by atoms with van der Waals surface area (Å²) in [6, 6.07) is 8.50. The predicted octanol–water partition coefficient (Wildman–Crippen LogP) is 2.68. The first-order chi connectivity index (χ1) is 10.0. The van der Waals surface area contributed by atoms with Crippen molar-refractivity contribution in [2.75, 3.05) is 12.4 Å². The molecule has 0 aliphatic rings. The summed E-state index contributed by atoms with van der Waals surface area (Å²) in [6.07, 6.45) is 0. The van der Waals surface area contributed by atoms with E-state index in [9.17, 15) is 13.6 Å². The summed E-state index contributed by atoms with van der Waals surface area (Å²) in [5, 5.41) is 2.97. The number of hydrogen-bond acceptors (Lipinski definition) is 3. The second-order valence-electron chi connectivity index (χ2n) is 4.38. The van der Waals surface area contributed by atoms with Gasteiger partial charge in [-0.3, -0.25) is 4.79 Å². The zero-order chi connectivity index (χ0) is 15.4. The van der Waals surface area contributed by atoms with Crippen LogP contribution in [0.4, 0.5) is 14.5 Å². The van der Waals surface area contributed by atoms with Crippen LogP contribution < -0.4 is 15.8 Å². The molecular formula is C15H14F2N2O2. The Morgan fingerprint density at radius 2 is 1.95 bits per heavy atom. The van der Waals surface area contributed by atoms with Crippen molar-refractivity contribution in [1.82, 2.24) is 0 Å². The lowest BCUT2D eigenvalue weighted by atomic mass is 10.1. The number of hydrogen-bond donors (Lipinski definition) is 2. The minimum absolute atomic E-state index is 0.163. The van der Waals surface area contributed by atoms with Crippen LogP contribution in [0.15, 0.2) is 36.4 Å². The molecule has 6 heteroatoms. The molecule has 0 fully saturated rings. The van der Waals surface area contributed by atoms with Crippen LogP contribution in [0.25, 0.3) is 0 Å². The van der Waals surface area contributed by atoms with Crippen molar-refractivity contribution in [3.63, 3.8) is 0 Å². The third-order valence-corrected chi connectivity index (χ3v) is 2.94. The minimum Gasteiger partial charge on any atom is -0.494 e. The third-order valence-electron chi connectivity index (χ3n) is 2.94. The highest BCUT2D eigenvalue weighted by atomic mass is 19.1. The van der Waals surface area contributed by atoms with Crippen molar-refractivity contribution in [1.29, 1.82) is 0 Å². The second kappa shape index (κ2) is 6.21.